The molecule has 76 valence electrons. The van der Waals surface area contributed by atoms with Gasteiger partial charge in [0.1, 0.15) is 12.0 Å². The molecule has 1 aromatic heterocycles. The van der Waals surface area contributed by atoms with E-state index in [-0.39, 0.29) is 5.69 Å². The van der Waals surface area contributed by atoms with E-state index < -0.39 is 5.95 Å². The molecule has 0 aliphatic heterocycles. The van der Waals surface area contributed by atoms with Gasteiger partial charge in [-0.1, -0.05) is 6.92 Å². The quantitative estimate of drug-likeness (QED) is 0.714. The van der Waals surface area contributed by atoms with Gasteiger partial charge in [0.05, 0.1) is 0 Å². The van der Waals surface area contributed by atoms with Gasteiger partial charge in [0.25, 0.3) is 0 Å². The summed E-state index contributed by atoms with van der Waals surface area (Å²) in [4.78, 5) is 7.23. The summed E-state index contributed by atoms with van der Waals surface area (Å²) >= 11 is 0. The molecule has 0 bridgehead atoms. The molecule has 0 aromatic carbocycles. The zero-order valence-corrected chi connectivity index (χ0v) is 8.00. The van der Waals surface area contributed by atoms with Crippen molar-refractivity contribution in [3.8, 4) is 0 Å². The Kier molecular flexibility index (Phi) is 2.23. The van der Waals surface area contributed by atoms with Crippen LogP contribution in [0.15, 0.2) is 6.33 Å². The molecule has 3 N–H and O–H groups in total. The van der Waals surface area contributed by atoms with Gasteiger partial charge in [0.15, 0.2) is 5.82 Å². The number of nitrogens with zero attached hydrogens (tertiary/aromatic N) is 2. The van der Waals surface area contributed by atoms with Gasteiger partial charge in [-0.15, -0.1) is 0 Å². The molecule has 1 aromatic rings. The Bertz CT molecular complexity index is 342. The molecule has 14 heavy (non-hydrogen) atoms. The van der Waals surface area contributed by atoms with Crippen LogP contribution >= 0.6 is 0 Å². The van der Waals surface area contributed by atoms with E-state index in [4.69, 9.17) is 5.73 Å². The molecule has 1 heterocycles. The number of nitrogens with two attached hydrogens (primary N) is 1. The van der Waals surface area contributed by atoms with Crippen LogP contribution in [-0.4, -0.2) is 16.5 Å². The van der Waals surface area contributed by atoms with Crippen LogP contribution in [-0.2, 0) is 0 Å². The van der Waals surface area contributed by atoms with E-state index in [1.54, 1.807) is 0 Å². The van der Waals surface area contributed by atoms with Crippen molar-refractivity contribution in [1.29, 1.82) is 0 Å². The Labute approximate surface area is 81.7 Å². The van der Waals surface area contributed by atoms with Crippen LogP contribution in [0.4, 0.5) is 15.9 Å². The summed E-state index contributed by atoms with van der Waals surface area (Å²) in [6, 6.07) is 0. The first-order chi connectivity index (χ1) is 6.68. The molecule has 1 aliphatic carbocycles. The maximum Gasteiger partial charge on any atom is 0.241 e. The molecule has 2 rings (SSSR count). The molecule has 0 amide bonds. The van der Waals surface area contributed by atoms with E-state index in [0.29, 0.717) is 11.7 Å². The van der Waals surface area contributed by atoms with Gasteiger partial charge in [0.2, 0.25) is 5.95 Å². The molecule has 0 saturated heterocycles. The topological polar surface area (TPSA) is 63.8 Å². The van der Waals surface area contributed by atoms with Crippen molar-refractivity contribution < 1.29 is 4.39 Å². The number of hydrogen-bond acceptors (Lipinski definition) is 4. The highest BCUT2D eigenvalue weighted by atomic mass is 19.1. The fourth-order valence-electron chi connectivity index (χ4n) is 1.43. The summed E-state index contributed by atoms with van der Waals surface area (Å²) < 4.78 is 12.9. The number of nitrogen functional groups attached to an aromatic ring is 1. The third kappa shape index (κ3) is 1.76. The fraction of sp³-hybridized carbons (Fsp3) is 0.556. The minimum Gasteiger partial charge on any atom is -0.392 e. The molecule has 1 saturated carbocycles. The van der Waals surface area contributed by atoms with Crippen LogP contribution in [0.2, 0.25) is 0 Å². The number of rotatable bonds is 3. The van der Waals surface area contributed by atoms with Gasteiger partial charge in [-0.25, -0.2) is 9.97 Å². The van der Waals surface area contributed by atoms with E-state index in [1.807, 2.05) is 0 Å². The van der Waals surface area contributed by atoms with E-state index in [9.17, 15) is 4.39 Å². The Morgan fingerprint density at radius 2 is 2.36 bits per heavy atom. The highest BCUT2D eigenvalue weighted by molar-refractivity contribution is 5.59. The Morgan fingerprint density at radius 1 is 1.64 bits per heavy atom. The van der Waals surface area contributed by atoms with Crippen LogP contribution in [0.3, 0.4) is 0 Å². The van der Waals surface area contributed by atoms with Crippen LogP contribution in [0.25, 0.3) is 0 Å². The third-order valence-electron chi connectivity index (χ3n) is 2.64. The molecule has 5 heteroatoms. The molecule has 1 fully saturated rings. The van der Waals surface area contributed by atoms with Crippen LogP contribution in [0.1, 0.15) is 13.3 Å². The minimum atomic E-state index is -0.661. The lowest BCUT2D eigenvalue weighted by atomic mass is 10.3. The number of anilines is 2. The van der Waals surface area contributed by atoms with Gasteiger partial charge >= 0.3 is 0 Å². The lowest BCUT2D eigenvalue weighted by Gasteiger charge is -2.06. The van der Waals surface area contributed by atoms with Crippen molar-refractivity contribution in [2.75, 3.05) is 17.6 Å². The minimum absolute atomic E-state index is 0.000744. The molecule has 0 radical (unpaired) electrons. The van der Waals surface area contributed by atoms with E-state index in [2.05, 4.69) is 22.2 Å². The third-order valence-corrected chi connectivity index (χ3v) is 2.64. The Morgan fingerprint density at radius 3 is 3.00 bits per heavy atom. The molecule has 1 aliphatic rings. The predicted molar refractivity (Wildman–Crippen MR) is 52.2 cm³/mol. The molecular weight excluding hydrogens is 183 g/mol. The van der Waals surface area contributed by atoms with Gasteiger partial charge in [-0.2, -0.15) is 4.39 Å². The second-order valence-electron chi connectivity index (χ2n) is 3.78. The maximum atomic E-state index is 12.9. The smallest absolute Gasteiger partial charge is 0.241 e. The molecule has 0 spiro atoms. The summed E-state index contributed by atoms with van der Waals surface area (Å²) in [6.45, 7) is 3.00. The summed E-state index contributed by atoms with van der Waals surface area (Å²) in [5, 5.41) is 3.03. The molecular formula is C9H13FN4. The summed E-state index contributed by atoms with van der Waals surface area (Å²) in [5.41, 5.74) is 5.46. The van der Waals surface area contributed by atoms with Gasteiger partial charge < -0.3 is 11.1 Å². The van der Waals surface area contributed by atoms with Crippen LogP contribution in [0, 0.1) is 17.8 Å². The van der Waals surface area contributed by atoms with E-state index >= 15 is 0 Å². The van der Waals surface area contributed by atoms with Crippen molar-refractivity contribution in [1.82, 2.24) is 9.97 Å². The normalized spacial score (nSPS) is 24.7. The van der Waals surface area contributed by atoms with Gasteiger partial charge in [-0.05, 0) is 18.3 Å². The number of aromatic nitrogens is 2. The van der Waals surface area contributed by atoms with E-state index in [1.165, 1.54) is 12.7 Å². The maximum absolute atomic E-state index is 12.9. The second kappa shape index (κ2) is 3.40. The zero-order chi connectivity index (χ0) is 10.1. The average molecular weight is 196 g/mol. The van der Waals surface area contributed by atoms with Crippen molar-refractivity contribution >= 4 is 11.5 Å². The van der Waals surface area contributed by atoms with Crippen LogP contribution < -0.4 is 11.1 Å². The Hall–Kier alpha value is -1.39. The number of nitrogens with one attached hydrogen (secondary N) is 1. The van der Waals surface area contributed by atoms with Gasteiger partial charge in [0, 0.05) is 6.54 Å². The van der Waals surface area contributed by atoms with Crippen LogP contribution in [0.5, 0.6) is 0 Å². The molecule has 2 unspecified atom stereocenters. The Balaban J connectivity index is 1.98. The highest BCUT2D eigenvalue weighted by Crippen LogP contribution is 2.37. The average Bonchev–Trinajstić information content (AvgIpc) is 2.85. The monoisotopic (exact) mass is 196 g/mol. The molecule has 4 nitrogen and oxygen atoms in total. The predicted octanol–water partition coefficient (Wildman–Crippen LogP) is 1.27. The SMILES string of the molecule is CC1CC1CNc1ncnc(F)c1N. The molecule has 2 atom stereocenters. The van der Waals surface area contributed by atoms with E-state index in [0.717, 1.165) is 12.5 Å². The second-order valence-corrected chi connectivity index (χ2v) is 3.78. The summed E-state index contributed by atoms with van der Waals surface area (Å²) in [6.07, 6.45) is 2.39. The number of hydrogen-bond donors (Lipinski definition) is 2. The first kappa shape index (κ1) is 9.18. The lowest BCUT2D eigenvalue weighted by Crippen LogP contribution is -2.10. The summed E-state index contributed by atoms with van der Waals surface area (Å²) in [5.74, 6) is 1.17. The zero-order valence-electron chi connectivity index (χ0n) is 8.00. The standard InChI is InChI=1S/C9H13FN4/c1-5-2-6(5)3-12-9-7(11)8(10)13-4-14-9/h4-6H,2-3,11H2,1H3,(H,12,13,14). The number of halogens is 1. The van der Waals surface area contributed by atoms with Crippen molar-refractivity contribution in [3.05, 3.63) is 12.3 Å². The van der Waals surface area contributed by atoms with Crippen molar-refractivity contribution in [2.24, 2.45) is 11.8 Å². The van der Waals surface area contributed by atoms with Crippen molar-refractivity contribution in [3.63, 3.8) is 0 Å². The lowest BCUT2D eigenvalue weighted by molar-refractivity contribution is 0.585. The summed E-state index contributed by atoms with van der Waals surface area (Å²) in [7, 11) is 0. The van der Waals surface area contributed by atoms with Gasteiger partial charge in [-0.3, -0.25) is 0 Å². The fourth-order valence-corrected chi connectivity index (χ4v) is 1.43. The first-order valence-electron chi connectivity index (χ1n) is 4.68. The van der Waals surface area contributed by atoms with Crippen molar-refractivity contribution in [2.45, 2.75) is 13.3 Å². The highest BCUT2D eigenvalue weighted by Gasteiger charge is 2.32. The largest absolute Gasteiger partial charge is 0.392 e. The first-order valence-corrected chi connectivity index (χ1v) is 4.68.